The van der Waals surface area contributed by atoms with Crippen molar-refractivity contribution in [2.75, 3.05) is 5.32 Å². The van der Waals surface area contributed by atoms with Gasteiger partial charge in [0.1, 0.15) is 12.0 Å². The van der Waals surface area contributed by atoms with E-state index < -0.39 is 4.92 Å². The Bertz CT molecular complexity index is 418. The Morgan fingerprint density at radius 1 is 1.67 bits per heavy atom. The molecule has 5 nitrogen and oxygen atoms in total. The van der Waals surface area contributed by atoms with Gasteiger partial charge in [0.2, 0.25) is 0 Å². The van der Waals surface area contributed by atoms with E-state index in [0.29, 0.717) is 10.3 Å². The summed E-state index contributed by atoms with van der Waals surface area (Å²) in [5.41, 5.74) is 0.111. The maximum absolute atomic E-state index is 10.5. The first-order valence-electron chi connectivity index (χ1n) is 4.58. The van der Waals surface area contributed by atoms with Gasteiger partial charge in [-0.3, -0.25) is 10.1 Å². The number of hydrogen-bond acceptors (Lipinski definition) is 4. The van der Waals surface area contributed by atoms with Crippen LogP contribution in [0.1, 0.15) is 19.8 Å². The molecular formula is C9H10BrN3O2. The third kappa shape index (κ3) is 2.26. The van der Waals surface area contributed by atoms with Gasteiger partial charge in [0.25, 0.3) is 5.69 Å². The zero-order valence-electron chi connectivity index (χ0n) is 8.16. The molecule has 0 unspecified atom stereocenters. The molecule has 1 aromatic heterocycles. The number of aromatic nitrogens is 1. The molecule has 0 saturated heterocycles. The van der Waals surface area contributed by atoms with Gasteiger partial charge in [-0.1, -0.05) is 0 Å². The van der Waals surface area contributed by atoms with Crippen LogP contribution in [0.2, 0.25) is 0 Å². The van der Waals surface area contributed by atoms with Crippen LogP contribution in [0.4, 0.5) is 11.5 Å². The zero-order valence-corrected chi connectivity index (χ0v) is 9.74. The van der Waals surface area contributed by atoms with Gasteiger partial charge < -0.3 is 5.32 Å². The summed E-state index contributed by atoms with van der Waals surface area (Å²) in [6, 6.07) is 1.46. The largest absolute Gasteiger partial charge is 0.364 e. The van der Waals surface area contributed by atoms with E-state index in [1.165, 1.54) is 12.3 Å². The molecular weight excluding hydrogens is 262 g/mol. The molecule has 0 spiro atoms. The van der Waals surface area contributed by atoms with Gasteiger partial charge in [-0.2, -0.15) is 0 Å². The topological polar surface area (TPSA) is 68.1 Å². The van der Waals surface area contributed by atoms with E-state index in [0.717, 1.165) is 12.8 Å². The summed E-state index contributed by atoms with van der Waals surface area (Å²) < 4.78 is 0.629. The highest BCUT2D eigenvalue weighted by molar-refractivity contribution is 9.10. The Hall–Kier alpha value is -1.17. The molecule has 0 bridgehead atoms. The highest BCUT2D eigenvalue weighted by atomic mass is 79.9. The number of pyridine rings is 1. The summed E-state index contributed by atoms with van der Waals surface area (Å²) in [6.45, 7) is 2.10. The summed E-state index contributed by atoms with van der Waals surface area (Å²) in [7, 11) is 0. The van der Waals surface area contributed by atoms with Crippen LogP contribution in [0.3, 0.4) is 0 Å². The minimum atomic E-state index is -0.458. The van der Waals surface area contributed by atoms with Gasteiger partial charge in [0.05, 0.1) is 9.40 Å². The molecule has 1 N–H and O–H groups in total. The fourth-order valence-corrected chi connectivity index (χ4v) is 1.65. The number of nitrogens with zero attached hydrogens (tertiary/aromatic N) is 2. The molecule has 15 heavy (non-hydrogen) atoms. The Labute approximate surface area is 95.2 Å². The van der Waals surface area contributed by atoms with Crippen LogP contribution in [0.25, 0.3) is 0 Å². The number of hydrogen-bond donors (Lipinski definition) is 1. The number of rotatable bonds is 3. The van der Waals surface area contributed by atoms with Crippen LogP contribution in [0, 0.1) is 10.1 Å². The second-order valence-corrected chi connectivity index (χ2v) is 4.82. The molecule has 1 aromatic rings. The zero-order chi connectivity index (χ0) is 11.1. The third-order valence-corrected chi connectivity index (χ3v) is 3.06. The smallest absolute Gasteiger partial charge is 0.288 e. The Kier molecular flexibility index (Phi) is 2.38. The molecule has 2 rings (SSSR count). The lowest BCUT2D eigenvalue weighted by Crippen LogP contribution is -2.17. The van der Waals surface area contributed by atoms with E-state index in [1.54, 1.807) is 0 Å². The van der Waals surface area contributed by atoms with Crippen molar-refractivity contribution >= 4 is 27.4 Å². The molecule has 1 aliphatic rings. The minimum Gasteiger partial charge on any atom is -0.364 e. The first-order valence-corrected chi connectivity index (χ1v) is 5.38. The van der Waals surface area contributed by atoms with Crippen LogP contribution in [0.15, 0.2) is 16.7 Å². The number of nitrogens with one attached hydrogen (secondary N) is 1. The molecule has 1 fully saturated rings. The van der Waals surface area contributed by atoms with Crippen LogP contribution in [-0.4, -0.2) is 15.4 Å². The van der Waals surface area contributed by atoms with E-state index >= 15 is 0 Å². The Morgan fingerprint density at radius 2 is 2.33 bits per heavy atom. The maximum atomic E-state index is 10.5. The van der Waals surface area contributed by atoms with Gasteiger partial charge in [-0.05, 0) is 35.7 Å². The second kappa shape index (κ2) is 3.44. The maximum Gasteiger partial charge on any atom is 0.288 e. The molecule has 0 aromatic carbocycles. The SMILES string of the molecule is CC1(Nc2ncc([N+](=O)[O-])cc2Br)CC1. The first-order chi connectivity index (χ1) is 7.00. The average molecular weight is 272 g/mol. The number of nitro groups is 1. The Morgan fingerprint density at radius 3 is 2.80 bits per heavy atom. The number of anilines is 1. The van der Waals surface area contributed by atoms with Crippen LogP contribution >= 0.6 is 15.9 Å². The molecule has 1 heterocycles. The van der Waals surface area contributed by atoms with E-state index in [4.69, 9.17) is 0 Å². The highest BCUT2D eigenvalue weighted by Crippen LogP contribution is 2.39. The summed E-state index contributed by atoms with van der Waals surface area (Å²) in [6.07, 6.45) is 3.48. The second-order valence-electron chi connectivity index (χ2n) is 3.97. The summed E-state index contributed by atoms with van der Waals surface area (Å²) in [5, 5.41) is 13.7. The lowest BCUT2D eigenvalue weighted by atomic mass is 10.3. The lowest BCUT2D eigenvalue weighted by molar-refractivity contribution is -0.385. The molecule has 0 aliphatic heterocycles. The van der Waals surface area contributed by atoms with Crippen LogP contribution < -0.4 is 5.32 Å². The predicted octanol–water partition coefficient (Wildman–Crippen LogP) is 2.72. The van der Waals surface area contributed by atoms with Gasteiger partial charge in [-0.25, -0.2) is 4.98 Å². The lowest BCUT2D eigenvalue weighted by Gasteiger charge is -2.12. The predicted molar refractivity (Wildman–Crippen MR) is 59.9 cm³/mol. The minimum absolute atomic E-state index is 0.00613. The summed E-state index contributed by atoms with van der Waals surface area (Å²) in [5.74, 6) is 0.667. The fraction of sp³-hybridized carbons (Fsp3) is 0.444. The van der Waals surface area contributed by atoms with Crippen molar-refractivity contribution in [2.24, 2.45) is 0 Å². The molecule has 0 atom stereocenters. The molecule has 0 radical (unpaired) electrons. The normalized spacial score (nSPS) is 17.2. The van der Waals surface area contributed by atoms with Gasteiger partial charge in [0, 0.05) is 11.6 Å². The van der Waals surface area contributed by atoms with Crippen LogP contribution in [0.5, 0.6) is 0 Å². The Balaban J connectivity index is 2.22. The molecule has 1 aliphatic carbocycles. The molecule has 1 saturated carbocycles. The van der Waals surface area contributed by atoms with E-state index in [2.05, 4.69) is 33.2 Å². The summed E-state index contributed by atoms with van der Waals surface area (Å²) in [4.78, 5) is 14.1. The number of halogens is 1. The van der Waals surface area contributed by atoms with E-state index in [-0.39, 0.29) is 11.2 Å². The van der Waals surface area contributed by atoms with Crippen molar-refractivity contribution in [3.05, 3.63) is 26.9 Å². The average Bonchev–Trinajstić information content (AvgIpc) is 2.87. The van der Waals surface area contributed by atoms with E-state index in [9.17, 15) is 10.1 Å². The van der Waals surface area contributed by atoms with Gasteiger partial charge in [0.15, 0.2) is 0 Å². The van der Waals surface area contributed by atoms with E-state index in [1.807, 2.05) is 0 Å². The van der Waals surface area contributed by atoms with Crippen molar-refractivity contribution in [1.29, 1.82) is 0 Å². The van der Waals surface area contributed by atoms with Crippen molar-refractivity contribution in [1.82, 2.24) is 4.98 Å². The van der Waals surface area contributed by atoms with Crippen molar-refractivity contribution in [2.45, 2.75) is 25.3 Å². The quantitative estimate of drug-likeness (QED) is 0.678. The van der Waals surface area contributed by atoms with Crippen molar-refractivity contribution in [3.8, 4) is 0 Å². The monoisotopic (exact) mass is 271 g/mol. The van der Waals surface area contributed by atoms with Gasteiger partial charge >= 0.3 is 0 Å². The molecule has 6 heteroatoms. The molecule has 80 valence electrons. The standard InChI is InChI=1S/C9H10BrN3O2/c1-9(2-3-9)12-8-7(10)4-6(5-11-8)13(14)15/h4-5H,2-3H2,1H3,(H,11,12). The third-order valence-electron chi connectivity index (χ3n) is 2.46. The fourth-order valence-electron chi connectivity index (χ4n) is 1.22. The van der Waals surface area contributed by atoms with Crippen LogP contribution in [-0.2, 0) is 0 Å². The molecule has 0 amide bonds. The first kappa shape index (κ1) is 10.4. The summed E-state index contributed by atoms with van der Waals surface area (Å²) >= 11 is 3.27. The van der Waals surface area contributed by atoms with Gasteiger partial charge in [-0.15, -0.1) is 0 Å². The van der Waals surface area contributed by atoms with Crippen molar-refractivity contribution in [3.63, 3.8) is 0 Å². The van der Waals surface area contributed by atoms with Crippen molar-refractivity contribution < 1.29 is 4.92 Å². The highest BCUT2D eigenvalue weighted by Gasteiger charge is 2.37.